The molecule has 0 rings (SSSR count). The van der Waals surface area contributed by atoms with Gasteiger partial charge in [0.2, 0.25) is 0 Å². The molecule has 0 heterocycles. The molecule has 0 aliphatic heterocycles. The van der Waals surface area contributed by atoms with Crippen LogP contribution < -0.4 is 10.6 Å². The largest absolute Gasteiger partial charge is 0.356 e. The highest BCUT2D eigenvalue weighted by molar-refractivity contribution is 14.0. The van der Waals surface area contributed by atoms with Crippen LogP contribution in [0.4, 0.5) is 0 Å². The minimum absolute atomic E-state index is 0. The van der Waals surface area contributed by atoms with Crippen molar-refractivity contribution in [2.24, 2.45) is 10.9 Å². The summed E-state index contributed by atoms with van der Waals surface area (Å²) in [6, 6.07) is 0.0889. The molecule has 0 saturated heterocycles. The van der Waals surface area contributed by atoms with Gasteiger partial charge in [0.05, 0.1) is 5.75 Å². The monoisotopic (exact) mass is 419 g/mol. The predicted molar refractivity (Wildman–Crippen MR) is 97.8 cm³/mol. The Labute approximate surface area is 141 Å². The topological polar surface area (TPSA) is 70.6 Å². The molecule has 0 aliphatic rings. The molecule has 0 radical (unpaired) electrons. The van der Waals surface area contributed by atoms with Crippen molar-refractivity contribution in [2.75, 3.05) is 25.6 Å². The van der Waals surface area contributed by atoms with E-state index in [1.54, 1.807) is 7.05 Å². The molecule has 122 valence electrons. The first-order valence-corrected chi connectivity index (χ1v) is 8.95. The lowest BCUT2D eigenvalue weighted by Gasteiger charge is -2.17. The molecule has 0 aromatic heterocycles. The van der Waals surface area contributed by atoms with Crippen LogP contribution >= 0.6 is 24.0 Å². The third-order valence-electron chi connectivity index (χ3n) is 2.78. The van der Waals surface area contributed by atoms with Crippen LogP contribution in [-0.4, -0.2) is 46.0 Å². The highest BCUT2D eigenvalue weighted by atomic mass is 127. The van der Waals surface area contributed by atoms with E-state index >= 15 is 0 Å². The SMILES string of the molecule is CN=C(NCCCC(C)C)NC(C)CCS(C)(=O)=O.I. The third kappa shape index (κ3) is 14.4. The molecule has 0 saturated carbocycles. The van der Waals surface area contributed by atoms with Crippen molar-refractivity contribution in [1.29, 1.82) is 0 Å². The number of rotatable bonds is 8. The Morgan fingerprint density at radius 1 is 1.20 bits per heavy atom. The summed E-state index contributed by atoms with van der Waals surface area (Å²) in [7, 11) is -1.17. The maximum Gasteiger partial charge on any atom is 0.191 e. The van der Waals surface area contributed by atoms with Gasteiger partial charge < -0.3 is 10.6 Å². The fourth-order valence-corrected chi connectivity index (χ4v) is 2.39. The molecule has 0 spiro atoms. The molecule has 0 aliphatic carbocycles. The average molecular weight is 419 g/mol. The zero-order valence-corrected chi connectivity index (χ0v) is 16.4. The first kappa shape index (κ1) is 22.2. The van der Waals surface area contributed by atoms with Gasteiger partial charge in [0.1, 0.15) is 9.84 Å². The standard InChI is InChI=1S/C13H29N3O2S.HI/c1-11(2)7-6-9-15-13(14-4)16-12(3)8-10-19(5,17)18;/h11-12H,6-10H2,1-5H3,(H2,14,15,16);1H. The fraction of sp³-hybridized carbons (Fsp3) is 0.923. The number of sulfone groups is 1. The Kier molecular flexibility index (Phi) is 12.9. The number of aliphatic imine (C=N–C) groups is 1. The van der Waals surface area contributed by atoms with Crippen molar-refractivity contribution >= 4 is 39.8 Å². The van der Waals surface area contributed by atoms with E-state index < -0.39 is 9.84 Å². The number of hydrogen-bond donors (Lipinski definition) is 2. The molecule has 0 aromatic carbocycles. The van der Waals surface area contributed by atoms with Gasteiger partial charge in [-0.2, -0.15) is 0 Å². The van der Waals surface area contributed by atoms with Crippen molar-refractivity contribution in [2.45, 2.75) is 46.1 Å². The summed E-state index contributed by atoms with van der Waals surface area (Å²) in [5.74, 6) is 1.65. The molecule has 0 aromatic rings. The number of guanidine groups is 1. The van der Waals surface area contributed by atoms with Crippen LogP contribution in [0.1, 0.15) is 40.0 Å². The minimum atomic E-state index is -2.89. The minimum Gasteiger partial charge on any atom is -0.356 e. The zero-order valence-electron chi connectivity index (χ0n) is 13.3. The Hall–Kier alpha value is -0.0500. The summed E-state index contributed by atoms with van der Waals surface area (Å²) < 4.78 is 22.2. The Bertz CT molecular complexity index is 370. The zero-order chi connectivity index (χ0) is 14.9. The quantitative estimate of drug-likeness (QED) is 0.273. The number of nitrogens with one attached hydrogen (secondary N) is 2. The first-order valence-electron chi connectivity index (χ1n) is 6.89. The van der Waals surface area contributed by atoms with Crippen molar-refractivity contribution < 1.29 is 8.42 Å². The van der Waals surface area contributed by atoms with Crippen LogP contribution in [0.25, 0.3) is 0 Å². The molecule has 1 atom stereocenters. The molecule has 0 fully saturated rings. The van der Waals surface area contributed by atoms with Gasteiger partial charge in [-0.25, -0.2) is 8.42 Å². The van der Waals surface area contributed by atoms with Gasteiger partial charge in [-0.05, 0) is 32.1 Å². The summed E-state index contributed by atoms with van der Waals surface area (Å²) >= 11 is 0. The van der Waals surface area contributed by atoms with Gasteiger partial charge in [0.25, 0.3) is 0 Å². The van der Waals surface area contributed by atoms with Crippen LogP contribution in [0, 0.1) is 5.92 Å². The van der Waals surface area contributed by atoms with E-state index in [-0.39, 0.29) is 35.8 Å². The van der Waals surface area contributed by atoms with E-state index in [4.69, 9.17) is 0 Å². The van der Waals surface area contributed by atoms with Crippen LogP contribution in [-0.2, 0) is 9.84 Å². The van der Waals surface area contributed by atoms with Crippen LogP contribution in [0.5, 0.6) is 0 Å². The van der Waals surface area contributed by atoms with Gasteiger partial charge in [-0.15, -0.1) is 24.0 Å². The van der Waals surface area contributed by atoms with Gasteiger partial charge >= 0.3 is 0 Å². The predicted octanol–water partition coefficient (Wildman–Crippen LogP) is 2.03. The summed E-state index contributed by atoms with van der Waals surface area (Å²) in [5, 5.41) is 6.44. The van der Waals surface area contributed by atoms with Crippen LogP contribution in [0.15, 0.2) is 4.99 Å². The number of hydrogen-bond acceptors (Lipinski definition) is 3. The van der Waals surface area contributed by atoms with E-state index in [0.717, 1.165) is 18.9 Å². The fourth-order valence-electron chi connectivity index (χ4n) is 1.61. The van der Waals surface area contributed by atoms with Gasteiger partial charge in [0, 0.05) is 25.9 Å². The van der Waals surface area contributed by atoms with Crippen molar-refractivity contribution in [3.8, 4) is 0 Å². The molecular weight excluding hydrogens is 389 g/mol. The maximum absolute atomic E-state index is 11.1. The van der Waals surface area contributed by atoms with E-state index in [1.807, 2.05) is 6.92 Å². The molecule has 20 heavy (non-hydrogen) atoms. The second-order valence-corrected chi connectivity index (χ2v) is 7.76. The average Bonchev–Trinajstić information content (AvgIpc) is 2.29. The normalized spacial score (nSPS) is 13.8. The summed E-state index contributed by atoms with van der Waals surface area (Å²) in [6.07, 6.45) is 4.15. The first-order chi connectivity index (χ1) is 8.74. The third-order valence-corrected chi connectivity index (χ3v) is 3.76. The van der Waals surface area contributed by atoms with E-state index in [1.165, 1.54) is 12.7 Å². The van der Waals surface area contributed by atoms with Crippen LogP contribution in [0.2, 0.25) is 0 Å². The van der Waals surface area contributed by atoms with E-state index in [0.29, 0.717) is 12.3 Å². The lowest BCUT2D eigenvalue weighted by atomic mass is 10.1. The summed E-state index contributed by atoms with van der Waals surface area (Å²) in [6.45, 7) is 7.27. The van der Waals surface area contributed by atoms with Gasteiger partial charge in [-0.1, -0.05) is 13.8 Å². The maximum atomic E-state index is 11.1. The molecule has 7 heteroatoms. The Morgan fingerprint density at radius 2 is 1.80 bits per heavy atom. The van der Waals surface area contributed by atoms with E-state index in [2.05, 4.69) is 29.5 Å². The lowest BCUT2D eigenvalue weighted by Crippen LogP contribution is -2.43. The smallest absolute Gasteiger partial charge is 0.191 e. The number of nitrogens with zero attached hydrogens (tertiary/aromatic N) is 1. The molecule has 0 amide bonds. The molecular formula is C13H30IN3O2S. The van der Waals surface area contributed by atoms with Gasteiger partial charge in [0.15, 0.2) is 5.96 Å². The second-order valence-electron chi connectivity index (χ2n) is 5.50. The molecule has 5 nitrogen and oxygen atoms in total. The molecule has 0 bridgehead atoms. The molecule has 2 N–H and O–H groups in total. The van der Waals surface area contributed by atoms with E-state index in [9.17, 15) is 8.42 Å². The van der Waals surface area contributed by atoms with Crippen molar-refractivity contribution in [3.63, 3.8) is 0 Å². The highest BCUT2D eigenvalue weighted by Gasteiger charge is 2.09. The molecule has 1 unspecified atom stereocenters. The highest BCUT2D eigenvalue weighted by Crippen LogP contribution is 2.01. The second kappa shape index (κ2) is 11.6. The lowest BCUT2D eigenvalue weighted by molar-refractivity contribution is 0.545. The van der Waals surface area contributed by atoms with Gasteiger partial charge in [-0.3, -0.25) is 4.99 Å². The number of halogens is 1. The Balaban J connectivity index is 0. The van der Waals surface area contributed by atoms with Crippen molar-refractivity contribution in [1.82, 2.24) is 10.6 Å². The summed E-state index contributed by atoms with van der Waals surface area (Å²) in [5.41, 5.74) is 0. The summed E-state index contributed by atoms with van der Waals surface area (Å²) in [4.78, 5) is 4.13. The van der Waals surface area contributed by atoms with Crippen molar-refractivity contribution in [3.05, 3.63) is 0 Å². The Morgan fingerprint density at radius 3 is 2.25 bits per heavy atom. The van der Waals surface area contributed by atoms with Crippen LogP contribution in [0.3, 0.4) is 0 Å².